The zero-order valence-corrected chi connectivity index (χ0v) is 10.1. The largest absolute Gasteiger partial charge is 0.489 e. The van der Waals surface area contributed by atoms with Crippen LogP contribution in [0.2, 0.25) is 0 Å². The summed E-state index contributed by atoms with van der Waals surface area (Å²) in [6, 6.07) is 13.0. The fraction of sp³-hybridized carbons (Fsp3) is 0.143. The van der Waals surface area contributed by atoms with Crippen LogP contribution in [-0.4, -0.2) is 12.0 Å². The fourth-order valence-electron chi connectivity index (χ4n) is 1.60. The zero-order valence-electron chi connectivity index (χ0n) is 10.1. The van der Waals surface area contributed by atoms with Crippen molar-refractivity contribution < 1.29 is 4.74 Å². The van der Waals surface area contributed by atoms with E-state index >= 15 is 0 Å². The van der Waals surface area contributed by atoms with Gasteiger partial charge < -0.3 is 10.1 Å². The second kappa shape index (κ2) is 5.69. The molecule has 1 heterocycles. The van der Waals surface area contributed by atoms with Gasteiger partial charge in [-0.2, -0.15) is 5.26 Å². The molecule has 4 heteroatoms. The van der Waals surface area contributed by atoms with E-state index in [2.05, 4.69) is 16.4 Å². The standard InChI is InChI=1S/C14H13N3O/c1-16-14-12(5-3-7-17-14)10-18-13-6-2-4-11(8-13)9-15/h2-8H,10H2,1H3,(H,16,17). The van der Waals surface area contributed by atoms with Crippen LogP contribution in [0, 0.1) is 11.3 Å². The molecule has 0 aliphatic heterocycles. The van der Waals surface area contributed by atoms with Gasteiger partial charge in [-0.15, -0.1) is 0 Å². The maximum absolute atomic E-state index is 8.80. The summed E-state index contributed by atoms with van der Waals surface area (Å²) in [5.74, 6) is 1.48. The highest BCUT2D eigenvalue weighted by Crippen LogP contribution is 2.17. The predicted molar refractivity (Wildman–Crippen MR) is 69.3 cm³/mol. The number of nitriles is 1. The molecule has 1 aromatic heterocycles. The molecule has 1 N–H and O–H groups in total. The molecule has 0 unspecified atom stereocenters. The maximum atomic E-state index is 8.80. The molecule has 0 aliphatic rings. The highest BCUT2D eigenvalue weighted by atomic mass is 16.5. The molecule has 2 rings (SSSR count). The number of nitrogens with one attached hydrogen (secondary N) is 1. The average Bonchev–Trinajstić information content (AvgIpc) is 2.45. The van der Waals surface area contributed by atoms with Crippen molar-refractivity contribution in [2.45, 2.75) is 6.61 Å². The minimum absolute atomic E-state index is 0.416. The lowest BCUT2D eigenvalue weighted by Gasteiger charge is -2.09. The molecule has 0 radical (unpaired) electrons. The molecule has 0 amide bonds. The second-order valence-electron chi connectivity index (χ2n) is 3.69. The monoisotopic (exact) mass is 239 g/mol. The summed E-state index contributed by atoms with van der Waals surface area (Å²) in [6.45, 7) is 0.416. The van der Waals surface area contributed by atoms with Crippen molar-refractivity contribution in [2.75, 3.05) is 12.4 Å². The van der Waals surface area contributed by atoms with Gasteiger partial charge >= 0.3 is 0 Å². The van der Waals surface area contributed by atoms with Crippen molar-refractivity contribution in [1.82, 2.24) is 4.98 Å². The lowest BCUT2D eigenvalue weighted by molar-refractivity contribution is 0.306. The van der Waals surface area contributed by atoms with Gasteiger partial charge in [0.25, 0.3) is 0 Å². The molecule has 0 saturated heterocycles. The topological polar surface area (TPSA) is 57.9 Å². The Morgan fingerprint density at radius 1 is 1.33 bits per heavy atom. The van der Waals surface area contributed by atoms with Crippen LogP contribution in [0.1, 0.15) is 11.1 Å². The highest BCUT2D eigenvalue weighted by molar-refractivity contribution is 5.43. The van der Waals surface area contributed by atoms with Crippen molar-refractivity contribution in [2.24, 2.45) is 0 Å². The van der Waals surface area contributed by atoms with Gasteiger partial charge in [-0.3, -0.25) is 0 Å². The van der Waals surface area contributed by atoms with E-state index in [-0.39, 0.29) is 0 Å². The van der Waals surface area contributed by atoms with Crippen LogP contribution in [0.5, 0.6) is 5.75 Å². The van der Waals surface area contributed by atoms with Gasteiger partial charge in [0, 0.05) is 18.8 Å². The van der Waals surface area contributed by atoms with Crippen LogP contribution in [0.4, 0.5) is 5.82 Å². The Labute approximate surface area is 106 Å². The summed E-state index contributed by atoms with van der Waals surface area (Å²) in [7, 11) is 1.82. The Morgan fingerprint density at radius 3 is 3.00 bits per heavy atom. The Hall–Kier alpha value is -2.54. The van der Waals surface area contributed by atoms with Crippen molar-refractivity contribution in [3.05, 3.63) is 53.7 Å². The lowest BCUT2D eigenvalue weighted by atomic mass is 10.2. The third kappa shape index (κ3) is 2.77. The normalized spacial score (nSPS) is 9.56. The van der Waals surface area contributed by atoms with E-state index in [4.69, 9.17) is 10.00 Å². The maximum Gasteiger partial charge on any atom is 0.132 e. The highest BCUT2D eigenvalue weighted by Gasteiger charge is 2.02. The molecule has 0 spiro atoms. The van der Waals surface area contributed by atoms with Crippen molar-refractivity contribution >= 4 is 5.82 Å². The molecule has 0 saturated carbocycles. The number of pyridine rings is 1. The van der Waals surface area contributed by atoms with Gasteiger partial charge in [0.15, 0.2) is 0 Å². The second-order valence-corrected chi connectivity index (χ2v) is 3.69. The minimum Gasteiger partial charge on any atom is -0.489 e. The summed E-state index contributed by atoms with van der Waals surface area (Å²) in [5.41, 5.74) is 1.56. The van der Waals surface area contributed by atoms with E-state index < -0.39 is 0 Å². The molecular formula is C14H13N3O. The Bertz CT molecular complexity index is 575. The predicted octanol–water partition coefficient (Wildman–Crippen LogP) is 2.57. The summed E-state index contributed by atoms with van der Waals surface area (Å²) in [6.07, 6.45) is 1.73. The van der Waals surface area contributed by atoms with Crippen LogP contribution in [0.25, 0.3) is 0 Å². The van der Waals surface area contributed by atoms with E-state index in [0.29, 0.717) is 17.9 Å². The first-order chi connectivity index (χ1) is 8.83. The van der Waals surface area contributed by atoms with Gasteiger partial charge in [-0.05, 0) is 24.3 Å². The van der Waals surface area contributed by atoms with Crippen LogP contribution in [0.15, 0.2) is 42.6 Å². The summed E-state index contributed by atoms with van der Waals surface area (Å²) < 4.78 is 5.65. The average molecular weight is 239 g/mol. The van der Waals surface area contributed by atoms with Gasteiger partial charge in [0.1, 0.15) is 18.2 Å². The molecule has 90 valence electrons. The summed E-state index contributed by atoms with van der Waals surface area (Å²) in [4.78, 5) is 4.20. The van der Waals surface area contributed by atoms with Crippen molar-refractivity contribution in [1.29, 1.82) is 5.26 Å². The molecular weight excluding hydrogens is 226 g/mol. The molecule has 4 nitrogen and oxygen atoms in total. The molecule has 0 aliphatic carbocycles. The number of nitrogens with zero attached hydrogens (tertiary/aromatic N) is 2. The first-order valence-corrected chi connectivity index (χ1v) is 5.58. The van der Waals surface area contributed by atoms with Gasteiger partial charge in [-0.25, -0.2) is 4.98 Å². The Kier molecular flexibility index (Phi) is 3.77. The quantitative estimate of drug-likeness (QED) is 0.890. The number of anilines is 1. The van der Waals surface area contributed by atoms with E-state index in [1.165, 1.54) is 0 Å². The van der Waals surface area contributed by atoms with Crippen LogP contribution in [-0.2, 0) is 6.61 Å². The summed E-state index contributed by atoms with van der Waals surface area (Å²) >= 11 is 0. The number of ether oxygens (including phenoxy) is 1. The Morgan fingerprint density at radius 2 is 2.22 bits per heavy atom. The fourth-order valence-corrected chi connectivity index (χ4v) is 1.60. The molecule has 0 bridgehead atoms. The first-order valence-electron chi connectivity index (χ1n) is 5.58. The third-order valence-corrected chi connectivity index (χ3v) is 2.49. The first kappa shape index (κ1) is 11.9. The molecule has 18 heavy (non-hydrogen) atoms. The molecule has 2 aromatic rings. The van der Waals surface area contributed by atoms with Crippen molar-refractivity contribution in [3.8, 4) is 11.8 Å². The number of benzene rings is 1. The third-order valence-electron chi connectivity index (χ3n) is 2.49. The van der Waals surface area contributed by atoms with Crippen LogP contribution in [0.3, 0.4) is 0 Å². The lowest BCUT2D eigenvalue weighted by Crippen LogP contribution is -2.02. The van der Waals surface area contributed by atoms with Crippen LogP contribution < -0.4 is 10.1 Å². The minimum atomic E-state index is 0.416. The van der Waals surface area contributed by atoms with E-state index in [1.54, 1.807) is 24.4 Å². The number of hydrogen-bond donors (Lipinski definition) is 1. The number of rotatable bonds is 4. The Balaban J connectivity index is 2.09. The molecule has 0 fully saturated rings. The molecule has 1 aromatic carbocycles. The number of hydrogen-bond acceptors (Lipinski definition) is 4. The summed E-state index contributed by atoms with van der Waals surface area (Å²) in [5, 5.41) is 11.8. The van der Waals surface area contributed by atoms with E-state index in [1.807, 2.05) is 25.2 Å². The SMILES string of the molecule is CNc1ncccc1COc1cccc(C#N)c1. The van der Waals surface area contributed by atoms with Crippen LogP contribution >= 0.6 is 0 Å². The smallest absolute Gasteiger partial charge is 0.132 e. The van der Waals surface area contributed by atoms with Gasteiger partial charge in [0.05, 0.1) is 11.6 Å². The van der Waals surface area contributed by atoms with Gasteiger partial charge in [0.2, 0.25) is 0 Å². The molecule has 0 atom stereocenters. The van der Waals surface area contributed by atoms with E-state index in [0.717, 1.165) is 11.4 Å². The zero-order chi connectivity index (χ0) is 12.8. The van der Waals surface area contributed by atoms with Crippen molar-refractivity contribution in [3.63, 3.8) is 0 Å². The van der Waals surface area contributed by atoms with E-state index in [9.17, 15) is 0 Å². The van der Waals surface area contributed by atoms with Gasteiger partial charge in [-0.1, -0.05) is 12.1 Å². The number of aromatic nitrogens is 1.